The van der Waals surface area contributed by atoms with Crippen molar-refractivity contribution in [2.45, 2.75) is 25.7 Å². The number of fused-ring (bicyclic) bond motifs is 3. The monoisotopic (exact) mass is 451 g/mol. The Kier molecular flexibility index (Phi) is 5.09. The minimum Gasteiger partial charge on any atom is -0.337 e. The van der Waals surface area contributed by atoms with Gasteiger partial charge in [-0.1, -0.05) is 24.6 Å². The molecule has 3 unspecified atom stereocenters. The molecule has 7 nitrogen and oxygen atoms in total. The van der Waals surface area contributed by atoms with Crippen LogP contribution in [0.5, 0.6) is 0 Å². The number of nitrogens with one attached hydrogen (secondary N) is 3. The quantitative estimate of drug-likeness (QED) is 0.386. The molecular formula is C27H25N5O2. The van der Waals surface area contributed by atoms with Crippen molar-refractivity contribution in [3.05, 3.63) is 72.4 Å². The largest absolute Gasteiger partial charge is 0.337 e. The molecule has 0 aliphatic heterocycles. The third-order valence-electron chi connectivity index (χ3n) is 7.15. The van der Waals surface area contributed by atoms with Gasteiger partial charge in [0.25, 0.3) is 5.91 Å². The molecule has 3 atom stereocenters. The number of carbonyl (C=O) groups is 2. The van der Waals surface area contributed by atoms with Gasteiger partial charge in [-0.3, -0.25) is 9.59 Å². The molecule has 7 heteroatoms. The topological polar surface area (TPSA) is 99.8 Å². The normalized spacial score (nSPS) is 21.0. The van der Waals surface area contributed by atoms with Gasteiger partial charge in [-0.2, -0.15) is 0 Å². The number of aromatic nitrogens is 3. The number of amides is 2. The lowest BCUT2D eigenvalue weighted by atomic mass is 9.88. The van der Waals surface area contributed by atoms with Crippen LogP contribution in [-0.2, 0) is 4.79 Å². The van der Waals surface area contributed by atoms with E-state index in [9.17, 15) is 9.59 Å². The Bertz CT molecular complexity index is 1360. The van der Waals surface area contributed by atoms with Gasteiger partial charge in [-0.05, 0) is 67.5 Å². The average molecular weight is 452 g/mol. The minimum atomic E-state index is -0.216. The Morgan fingerprint density at radius 3 is 2.50 bits per heavy atom. The maximum Gasteiger partial charge on any atom is 0.256 e. The first kappa shape index (κ1) is 20.6. The number of nitrogens with zero attached hydrogens (tertiary/aromatic N) is 2. The van der Waals surface area contributed by atoms with Gasteiger partial charge < -0.3 is 15.6 Å². The van der Waals surface area contributed by atoms with Crippen LogP contribution >= 0.6 is 0 Å². The van der Waals surface area contributed by atoms with Gasteiger partial charge in [-0.25, -0.2) is 9.97 Å². The molecule has 2 fully saturated rings. The van der Waals surface area contributed by atoms with Crippen LogP contribution in [0.15, 0.2) is 66.9 Å². The predicted molar refractivity (Wildman–Crippen MR) is 131 cm³/mol. The number of imidazole rings is 1. The van der Waals surface area contributed by atoms with Crippen molar-refractivity contribution in [3.8, 4) is 11.4 Å². The highest BCUT2D eigenvalue weighted by atomic mass is 16.2. The van der Waals surface area contributed by atoms with Crippen LogP contribution in [0.4, 0.5) is 11.5 Å². The van der Waals surface area contributed by atoms with Crippen molar-refractivity contribution in [1.29, 1.82) is 0 Å². The van der Waals surface area contributed by atoms with Crippen LogP contribution in [0.25, 0.3) is 22.4 Å². The van der Waals surface area contributed by atoms with E-state index in [2.05, 4.69) is 25.6 Å². The van der Waals surface area contributed by atoms with Gasteiger partial charge in [-0.15, -0.1) is 0 Å². The summed E-state index contributed by atoms with van der Waals surface area (Å²) in [4.78, 5) is 37.4. The van der Waals surface area contributed by atoms with Crippen molar-refractivity contribution < 1.29 is 9.59 Å². The highest BCUT2D eigenvalue weighted by Crippen LogP contribution is 2.48. The molecule has 3 N–H and O–H groups in total. The fourth-order valence-electron chi connectivity index (χ4n) is 5.40. The summed E-state index contributed by atoms with van der Waals surface area (Å²) in [6.07, 6.45) is 6.40. The van der Waals surface area contributed by atoms with Crippen molar-refractivity contribution in [2.75, 3.05) is 10.6 Å². The Morgan fingerprint density at radius 1 is 0.941 bits per heavy atom. The van der Waals surface area contributed by atoms with Gasteiger partial charge >= 0.3 is 0 Å². The summed E-state index contributed by atoms with van der Waals surface area (Å²) in [7, 11) is 0. The first-order chi connectivity index (χ1) is 16.6. The number of rotatable bonds is 5. The highest BCUT2D eigenvalue weighted by molar-refractivity contribution is 6.04. The van der Waals surface area contributed by atoms with Gasteiger partial charge in [0.15, 0.2) is 0 Å². The summed E-state index contributed by atoms with van der Waals surface area (Å²) in [6.45, 7) is 0. The standard InChI is InChI=1S/C27H25N5O2/c33-26(18-4-2-1-3-5-18)32-24-14-22-23(15-28-24)31-25(30-22)17-8-10-20(11-9-17)29-27(34)21-13-16-6-7-19(21)12-16/h1-5,8-11,14-16,19,21H,6-7,12-13H2,(H,29,34)(H,30,31)(H,28,32,33). The smallest absolute Gasteiger partial charge is 0.256 e. The lowest BCUT2D eigenvalue weighted by Crippen LogP contribution is -2.27. The average Bonchev–Trinajstić information content (AvgIpc) is 3.61. The summed E-state index contributed by atoms with van der Waals surface area (Å²) in [5.41, 5.74) is 3.77. The van der Waals surface area contributed by atoms with Crippen LogP contribution in [0.1, 0.15) is 36.0 Å². The van der Waals surface area contributed by atoms with Crippen LogP contribution in [0.3, 0.4) is 0 Å². The molecule has 6 rings (SSSR count). The third-order valence-corrected chi connectivity index (χ3v) is 7.15. The molecule has 0 radical (unpaired) electrons. The van der Waals surface area contributed by atoms with E-state index >= 15 is 0 Å². The summed E-state index contributed by atoms with van der Waals surface area (Å²) in [6, 6.07) is 18.5. The summed E-state index contributed by atoms with van der Waals surface area (Å²) in [5.74, 6) is 2.56. The third kappa shape index (κ3) is 3.94. The van der Waals surface area contributed by atoms with Gasteiger partial charge in [0.05, 0.1) is 17.2 Å². The van der Waals surface area contributed by atoms with Gasteiger partial charge in [0.1, 0.15) is 11.6 Å². The first-order valence-corrected chi connectivity index (χ1v) is 11.8. The second-order valence-corrected chi connectivity index (χ2v) is 9.34. The molecule has 4 aromatic rings. The summed E-state index contributed by atoms with van der Waals surface area (Å²) < 4.78 is 0. The van der Waals surface area contributed by atoms with Crippen LogP contribution in [0.2, 0.25) is 0 Å². The van der Waals surface area contributed by atoms with Crippen molar-refractivity contribution in [2.24, 2.45) is 17.8 Å². The number of pyridine rings is 1. The molecule has 2 heterocycles. The molecule has 170 valence electrons. The lowest BCUT2D eigenvalue weighted by molar-refractivity contribution is -0.121. The van der Waals surface area contributed by atoms with E-state index in [0.29, 0.717) is 28.6 Å². The van der Waals surface area contributed by atoms with E-state index in [-0.39, 0.29) is 17.7 Å². The molecule has 2 saturated carbocycles. The first-order valence-electron chi connectivity index (χ1n) is 11.8. The van der Waals surface area contributed by atoms with Crippen molar-refractivity contribution >= 4 is 34.4 Å². The zero-order valence-electron chi connectivity index (χ0n) is 18.6. The minimum absolute atomic E-state index is 0.153. The van der Waals surface area contributed by atoms with Crippen LogP contribution in [-0.4, -0.2) is 26.8 Å². The molecule has 0 saturated heterocycles. The second kappa shape index (κ2) is 8.41. The van der Waals surface area contributed by atoms with Crippen molar-refractivity contribution in [1.82, 2.24) is 15.0 Å². The number of anilines is 2. The maximum atomic E-state index is 12.7. The molecule has 2 bridgehead atoms. The number of hydrogen-bond acceptors (Lipinski definition) is 4. The van der Waals surface area contributed by atoms with E-state index in [0.717, 1.165) is 29.1 Å². The molecule has 34 heavy (non-hydrogen) atoms. The van der Waals surface area contributed by atoms with Crippen LogP contribution in [0, 0.1) is 17.8 Å². The summed E-state index contributed by atoms with van der Waals surface area (Å²) in [5, 5.41) is 5.91. The zero-order valence-corrected chi connectivity index (χ0v) is 18.6. The number of hydrogen-bond donors (Lipinski definition) is 3. The second-order valence-electron chi connectivity index (χ2n) is 9.34. The molecule has 2 aliphatic rings. The number of carbonyl (C=O) groups excluding carboxylic acids is 2. The number of H-pyrrole nitrogens is 1. The Morgan fingerprint density at radius 2 is 1.76 bits per heavy atom. The van der Waals surface area contributed by atoms with Crippen LogP contribution < -0.4 is 10.6 Å². The molecule has 2 aliphatic carbocycles. The number of aromatic amines is 1. The molecular weight excluding hydrogens is 426 g/mol. The fourth-order valence-corrected chi connectivity index (χ4v) is 5.40. The van der Waals surface area contributed by atoms with E-state index in [1.54, 1.807) is 24.4 Å². The lowest BCUT2D eigenvalue weighted by Gasteiger charge is -2.20. The zero-order chi connectivity index (χ0) is 23.1. The molecule has 2 aromatic heterocycles. The van der Waals surface area contributed by atoms with E-state index < -0.39 is 0 Å². The SMILES string of the molecule is O=C(Nc1cc2nc(-c3ccc(NC(=O)C4CC5CCC4C5)cc3)[nH]c2cn1)c1ccccc1. The van der Waals surface area contributed by atoms with E-state index in [4.69, 9.17) is 0 Å². The predicted octanol–water partition coefficient (Wildman–Crippen LogP) is 5.25. The Balaban J connectivity index is 1.15. The fraction of sp³-hybridized carbons (Fsp3) is 0.259. The molecule has 2 aromatic carbocycles. The maximum absolute atomic E-state index is 12.7. The van der Waals surface area contributed by atoms with E-state index in [1.807, 2.05) is 42.5 Å². The summed E-state index contributed by atoms with van der Waals surface area (Å²) >= 11 is 0. The molecule has 2 amide bonds. The highest BCUT2D eigenvalue weighted by Gasteiger charge is 2.43. The van der Waals surface area contributed by atoms with Gasteiger partial charge in [0, 0.05) is 28.8 Å². The number of benzene rings is 2. The van der Waals surface area contributed by atoms with Crippen molar-refractivity contribution in [3.63, 3.8) is 0 Å². The Labute approximate surface area is 197 Å². The van der Waals surface area contributed by atoms with Gasteiger partial charge in [0.2, 0.25) is 5.91 Å². The molecule has 0 spiro atoms. The van der Waals surface area contributed by atoms with E-state index in [1.165, 1.54) is 19.3 Å². The Hall–Kier alpha value is -4.00.